The lowest BCUT2D eigenvalue weighted by atomic mass is 9.97. The Hall–Kier alpha value is 1.40. The quantitative estimate of drug-likeness (QED) is 0.526. The zero-order valence-electron chi connectivity index (χ0n) is 6.01. The summed E-state index contributed by atoms with van der Waals surface area (Å²) in [6.45, 7) is 4.30. The van der Waals surface area contributed by atoms with Crippen LogP contribution >= 0.6 is 63.7 Å². The van der Waals surface area contributed by atoms with Gasteiger partial charge in [-0.1, -0.05) is 45.7 Å². The Morgan fingerprint density at radius 3 is 1.18 bits per heavy atom. The molecule has 1 aliphatic rings. The Kier molecular flexibility index (Phi) is 3.12. The van der Waals surface area contributed by atoms with E-state index in [0.717, 1.165) is 8.96 Å². The predicted molar refractivity (Wildman–Crippen MR) is 63.5 cm³/mol. The van der Waals surface area contributed by atoms with Gasteiger partial charge < -0.3 is 0 Å². The van der Waals surface area contributed by atoms with Crippen molar-refractivity contribution in [3.63, 3.8) is 0 Å². The Labute approximate surface area is 100 Å². The molecule has 0 heterocycles. The largest absolute Gasteiger partial charge is 0.0534 e. The summed E-state index contributed by atoms with van der Waals surface area (Å²) in [5.74, 6) is 0. The zero-order chi connectivity index (χ0) is 8.81. The molecule has 0 unspecified atom stereocenters. The van der Waals surface area contributed by atoms with E-state index in [0.29, 0.717) is 0 Å². The molecule has 0 radical (unpaired) electrons. The molecule has 0 fully saturated rings. The van der Waals surface area contributed by atoms with Crippen LogP contribution in [0.25, 0.3) is 0 Å². The van der Waals surface area contributed by atoms with Crippen molar-refractivity contribution >= 4 is 63.7 Å². The van der Waals surface area contributed by atoms with E-state index in [1.54, 1.807) is 0 Å². The van der Waals surface area contributed by atoms with Gasteiger partial charge in [-0.25, -0.2) is 0 Å². The standard InChI is InChI=1S/C7H6Br4/c1-7(2)5(10)3(8)4(9)6(7)11/h1-2H3. The number of hydrogen-bond donors (Lipinski definition) is 0. The van der Waals surface area contributed by atoms with Crippen molar-refractivity contribution in [2.45, 2.75) is 13.8 Å². The second-order valence-electron chi connectivity index (χ2n) is 2.88. The summed E-state index contributed by atoms with van der Waals surface area (Å²) in [7, 11) is 0. The molecule has 0 aromatic rings. The molecule has 0 saturated carbocycles. The van der Waals surface area contributed by atoms with Gasteiger partial charge in [-0.3, -0.25) is 0 Å². The van der Waals surface area contributed by atoms with Crippen molar-refractivity contribution in [1.82, 2.24) is 0 Å². The van der Waals surface area contributed by atoms with Crippen LogP contribution in [0.5, 0.6) is 0 Å². The summed E-state index contributed by atoms with van der Waals surface area (Å²) >= 11 is 14.0. The van der Waals surface area contributed by atoms with Crippen LogP contribution in [-0.2, 0) is 0 Å². The van der Waals surface area contributed by atoms with E-state index in [1.807, 2.05) is 0 Å². The summed E-state index contributed by atoms with van der Waals surface area (Å²) in [5, 5.41) is 0. The Morgan fingerprint density at radius 1 is 0.818 bits per heavy atom. The molecule has 1 rings (SSSR count). The van der Waals surface area contributed by atoms with E-state index in [4.69, 9.17) is 0 Å². The third kappa shape index (κ3) is 1.56. The maximum atomic E-state index is 3.54. The van der Waals surface area contributed by atoms with Gasteiger partial charge in [0.25, 0.3) is 0 Å². The van der Waals surface area contributed by atoms with Gasteiger partial charge in [0, 0.05) is 23.3 Å². The second kappa shape index (κ2) is 3.28. The highest BCUT2D eigenvalue weighted by atomic mass is 79.9. The molecular weight excluding hydrogens is 404 g/mol. The van der Waals surface area contributed by atoms with Crippen molar-refractivity contribution < 1.29 is 0 Å². The minimum Gasteiger partial charge on any atom is -0.0534 e. The molecule has 0 N–H and O–H groups in total. The van der Waals surface area contributed by atoms with Crippen molar-refractivity contribution in [1.29, 1.82) is 0 Å². The summed E-state index contributed by atoms with van der Waals surface area (Å²) in [6, 6.07) is 0. The smallest absolute Gasteiger partial charge is 0.0436 e. The summed E-state index contributed by atoms with van der Waals surface area (Å²) in [5.41, 5.74) is 0.0532. The molecular formula is C7H6Br4. The first kappa shape index (κ1) is 10.5. The summed E-state index contributed by atoms with van der Waals surface area (Å²) < 4.78 is 4.52. The molecule has 1 aliphatic carbocycles. The van der Waals surface area contributed by atoms with Crippen LogP contribution in [0.3, 0.4) is 0 Å². The maximum absolute atomic E-state index is 3.54. The lowest BCUT2D eigenvalue weighted by Crippen LogP contribution is -2.07. The van der Waals surface area contributed by atoms with Gasteiger partial charge in [0.15, 0.2) is 0 Å². The number of allylic oxidation sites excluding steroid dienone is 4. The van der Waals surface area contributed by atoms with Gasteiger partial charge >= 0.3 is 0 Å². The molecule has 0 aromatic carbocycles. The molecule has 0 aliphatic heterocycles. The van der Waals surface area contributed by atoms with Crippen LogP contribution in [-0.4, -0.2) is 0 Å². The van der Waals surface area contributed by atoms with Gasteiger partial charge in [-0.2, -0.15) is 0 Å². The van der Waals surface area contributed by atoms with Gasteiger partial charge in [0.05, 0.1) is 0 Å². The van der Waals surface area contributed by atoms with Crippen molar-refractivity contribution in [3.05, 3.63) is 17.9 Å². The lowest BCUT2D eigenvalue weighted by molar-refractivity contribution is 0.618. The first-order chi connectivity index (χ1) is 4.89. The van der Waals surface area contributed by atoms with Crippen molar-refractivity contribution in [2.75, 3.05) is 0 Å². The van der Waals surface area contributed by atoms with E-state index in [9.17, 15) is 0 Å². The fraction of sp³-hybridized carbons (Fsp3) is 0.429. The van der Waals surface area contributed by atoms with Crippen LogP contribution in [0.1, 0.15) is 13.8 Å². The van der Waals surface area contributed by atoms with Crippen LogP contribution in [0.2, 0.25) is 0 Å². The molecule has 0 nitrogen and oxygen atoms in total. The van der Waals surface area contributed by atoms with Gasteiger partial charge in [0.2, 0.25) is 0 Å². The lowest BCUT2D eigenvalue weighted by Gasteiger charge is -2.19. The van der Waals surface area contributed by atoms with Crippen LogP contribution in [0.4, 0.5) is 0 Å². The maximum Gasteiger partial charge on any atom is 0.0436 e. The molecule has 11 heavy (non-hydrogen) atoms. The van der Waals surface area contributed by atoms with Crippen LogP contribution in [0, 0.1) is 5.41 Å². The van der Waals surface area contributed by atoms with E-state index in [2.05, 4.69) is 77.6 Å². The highest BCUT2D eigenvalue weighted by molar-refractivity contribution is 9.17. The molecule has 62 valence electrons. The van der Waals surface area contributed by atoms with E-state index < -0.39 is 0 Å². The third-order valence-electron chi connectivity index (χ3n) is 1.68. The third-order valence-corrected chi connectivity index (χ3v) is 7.63. The normalized spacial score (nSPS) is 23.5. The SMILES string of the molecule is CC1(C)C(Br)=C(Br)C(Br)=C1Br. The molecule has 0 atom stereocenters. The van der Waals surface area contributed by atoms with Crippen LogP contribution in [0.15, 0.2) is 17.9 Å². The Morgan fingerprint density at radius 2 is 1.09 bits per heavy atom. The minimum atomic E-state index is 0.0532. The summed E-state index contributed by atoms with van der Waals surface area (Å²) in [4.78, 5) is 0. The minimum absolute atomic E-state index is 0.0532. The van der Waals surface area contributed by atoms with Crippen molar-refractivity contribution in [2.24, 2.45) is 5.41 Å². The molecule has 0 bridgehead atoms. The second-order valence-corrected chi connectivity index (χ2v) is 6.05. The Bertz CT molecular complexity index is 234. The highest BCUT2D eigenvalue weighted by Crippen LogP contribution is 2.55. The average molecular weight is 410 g/mol. The first-order valence-corrected chi connectivity index (χ1v) is 6.18. The van der Waals surface area contributed by atoms with E-state index >= 15 is 0 Å². The number of rotatable bonds is 0. The predicted octanol–water partition coefficient (Wildman–Crippen LogP) is 5.03. The molecule has 0 saturated heterocycles. The molecule has 0 amide bonds. The Balaban J connectivity index is 3.27. The highest BCUT2D eigenvalue weighted by Gasteiger charge is 2.35. The zero-order valence-corrected chi connectivity index (χ0v) is 12.4. The average Bonchev–Trinajstić information content (AvgIpc) is 2.06. The van der Waals surface area contributed by atoms with Crippen molar-refractivity contribution in [3.8, 4) is 0 Å². The van der Waals surface area contributed by atoms with E-state index in [-0.39, 0.29) is 5.41 Å². The van der Waals surface area contributed by atoms with Gasteiger partial charge in [0.1, 0.15) is 0 Å². The monoisotopic (exact) mass is 406 g/mol. The van der Waals surface area contributed by atoms with E-state index in [1.165, 1.54) is 8.96 Å². The number of hydrogen-bond acceptors (Lipinski definition) is 0. The fourth-order valence-electron chi connectivity index (χ4n) is 0.838. The topological polar surface area (TPSA) is 0 Å². The fourth-order valence-corrected chi connectivity index (χ4v) is 3.82. The first-order valence-electron chi connectivity index (χ1n) is 3.01. The molecule has 0 aromatic heterocycles. The summed E-state index contributed by atoms with van der Waals surface area (Å²) in [6.07, 6.45) is 0. The number of halogens is 4. The van der Waals surface area contributed by atoms with Crippen LogP contribution < -0.4 is 0 Å². The van der Waals surface area contributed by atoms with Gasteiger partial charge in [-0.15, -0.1) is 0 Å². The van der Waals surface area contributed by atoms with Gasteiger partial charge in [-0.05, 0) is 31.9 Å². The molecule has 4 heteroatoms. The molecule has 0 spiro atoms.